The van der Waals surface area contributed by atoms with E-state index in [1.807, 2.05) is 0 Å². The molecule has 524 valence electrons. The van der Waals surface area contributed by atoms with Crippen LogP contribution in [0.1, 0.15) is 284 Å². The summed E-state index contributed by atoms with van der Waals surface area (Å²) in [6, 6.07) is 0. The first-order chi connectivity index (χ1) is 45.8. The van der Waals surface area contributed by atoms with Gasteiger partial charge in [-0.15, -0.1) is 0 Å². The van der Waals surface area contributed by atoms with Gasteiger partial charge >= 0.3 is 19.8 Å². The van der Waals surface area contributed by atoms with Crippen LogP contribution in [0.5, 0.6) is 0 Å². The lowest BCUT2D eigenvalue weighted by atomic mass is 10.0. The fourth-order valence-corrected chi connectivity index (χ4v) is 10.4. The van der Waals surface area contributed by atoms with Gasteiger partial charge in [0.25, 0.3) is 0 Å². The second-order valence-corrected chi connectivity index (χ2v) is 25.1. The summed E-state index contributed by atoms with van der Waals surface area (Å²) in [4.78, 5) is 35.4. The van der Waals surface area contributed by atoms with Crippen LogP contribution >= 0.6 is 7.82 Å². The van der Waals surface area contributed by atoms with Crippen LogP contribution in [0.4, 0.5) is 0 Å². The summed E-state index contributed by atoms with van der Waals surface area (Å²) in [5, 5.41) is 0. The molecule has 0 aliphatic rings. The Bertz CT molecular complexity index is 2230. The molecule has 93 heavy (non-hydrogen) atoms. The molecule has 0 aliphatic heterocycles. The summed E-state index contributed by atoms with van der Waals surface area (Å²) in [6.07, 6.45) is 115. The summed E-state index contributed by atoms with van der Waals surface area (Å²) in [6.45, 7) is 3.50. The average Bonchev–Trinajstić information content (AvgIpc) is 3.49. The van der Waals surface area contributed by atoms with Gasteiger partial charge in [-0.3, -0.25) is 18.6 Å². The van der Waals surface area contributed by atoms with Crippen LogP contribution in [-0.2, 0) is 32.7 Å². The van der Waals surface area contributed by atoms with Crippen molar-refractivity contribution in [3.63, 3.8) is 0 Å². The van der Waals surface area contributed by atoms with Crippen molar-refractivity contribution < 1.29 is 37.6 Å². The van der Waals surface area contributed by atoms with Crippen molar-refractivity contribution in [2.24, 2.45) is 5.73 Å². The quantitative estimate of drug-likeness (QED) is 0.0264. The largest absolute Gasteiger partial charge is 0.472 e. The number of hydrogen-bond donors (Lipinski definition) is 2. The van der Waals surface area contributed by atoms with Crippen LogP contribution in [-0.4, -0.2) is 49.3 Å². The highest BCUT2D eigenvalue weighted by atomic mass is 31.2. The van der Waals surface area contributed by atoms with Crippen molar-refractivity contribution in [2.75, 3.05) is 26.4 Å². The number of allylic oxidation sites excluding steroid dienone is 32. The third-order valence-electron chi connectivity index (χ3n) is 15.0. The molecule has 0 aromatic heterocycles. The number of carbonyl (C=O) groups excluding carboxylic acids is 2. The van der Waals surface area contributed by atoms with Crippen LogP contribution in [0.3, 0.4) is 0 Å². The lowest BCUT2D eigenvalue weighted by molar-refractivity contribution is -0.161. The van der Waals surface area contributed by atoms with Gasteiger partial charge in [0, 0.05) is 19.4 Å². The Hall–Kier alpha value is -5.15. The van der Waals surface area contributed by atoms with E-state index in [0.29, 0.717) is 6.42 Å². The molecule has 0 fully saturated rings. The van der Waals surface area contributed by atoms with Gasteiger partial charge in [-0.25, -0.2) is 4.57 Å². The standard InChI is InChI=1S/C83H134NO8P/c1-3-5-7-9-11-13-15-17-19-21-23-25-27-29-31-33-35-36-37-38-39-40-41-42-43-44-46-48-50-52-54-56-58-60-62-64-66-68-70-72-74-76-83(86)92-81(80-91-93(87,88)90-78-77-84)79-89-82(85)75-73-71-69-67-65-63-61-59-57-55-53-51-49-47-45-34-32-30-28-26-24-22-20-18-16-14-12-10-8-6-4-2/h5-8,11-14,17-20,23-26,29-32,35-36,38-39,41-42,44-47,51,53,81H,3-4,9-10,15-16,21-22,27-28,33-34,37,40,43,48-50,52,54-80,84H2,1-2H3,(H,87,88)/b7-5-,8-6-,13-11-,14-12-,19-17-,20-18-,25-23-,26-24-,31-29-,32-30-,36-35-,39-38-,42-41-,46-44-,47-45-,53-51-. The minimum atomic E-state index is -4.41. The van der Waals surface area contributed by atoms with Crippen molar-refractivity contribution in [1.29, 1.82) is 0 Å². The molecule has 9 nitrogen and oxygen atoms in total. The minimum absolute atomic E-state index is 0.0437. The molecule has 10 heteroatoms. The van der Waals surface area contributed by atoms with Crippen molar-refractivity contribution in [3.05, 3.63) is 194 Å². The molecular weight excluding hydrogens is 1170 g/mol. The van der Waals surface area contributed by atoms with E-state index in [2.05, 4.69) is 208 Å². The van der Waals surface area contributed by atoms with E-state index in [4.69, 9.17) is 24.3 Å². The van der Waals surface area contributed by atoms with Gasteiger partial charge < -0.3 is 20.1 Å². The third-order valence-corrected chi connectivity index (χ3v) is 16.0. The molecule has 0 saturated heterocycles. The molecule has 0 aromatic rings. The monoisotopic (exact) mass is 1300 g/mol. The lowest BCUT2D eigenvalue weighted by Crippen LogP contribution is -2.29. The van der Waals surface area contributed by atoms with Crippen LogP contribution in [0, 0.1) is 0 Å². The summed E-state index contributed by atoms with van der Waals surface area (Å²) < 4.78 is 33.2. The molecule has 0 bridgehead atoms. The Morgan fingerprint density at radius 3 is 0.828 bits per heavy atom. The van der Waals surface area contributed by atoms with E-state index in [1.165, 1.54) is 96.3 Å². The SMILES string of the molecule is CC/C=C\C/C=C\C/C=C\C/C=C\C/C=C\C/C=C\C/C=C\C/C=C\C/C=C\CCCCCCCCCCCCCCCC(=O)OC(COC(=O)CCCCCCCCCCC/C=C\C/C=C\C/C=C\C/C=C\C/C=C\C/C=C\C/C=C\CC)COP(=O)(O)OCCN. The normalized spacial score (nSPS) is 14.1. The zero-order valence-corrected chi connectivity index (χ0v) is 59.8. The lowest BCUT2D eigenvalue weighted by Gasteiger charge is -2.19. The number of ether oxygens (including phenoxy) is 2. The van der Waals surface area contributed by atoms with Crippen molar-refractivity contribution in [2.45, 2.75) is 290 Å². The van der Waals surface area contributed by atoms with E-state index < -0.39 is 32.5 Å². The minimum Gasteiger partial charge on any atom is -0.462 e. The summed E-state index contributed by atoms with van der Waals surface area (Å²) in [5.74, 6) is -0.843. The molecule has 0 amide bonds. The van der Waals surface area contributed by atoms with Crippen LogP contribution < -0.4 is 5.73 Å². The van der Waals surface area contributed by atoms with Crippen molar-refractivity contribution >= 4 is 19.8 Å². The number of phosphoric acid groups is 1. The van der Waals surface area contributed by atoms with E-state index in [1.54, 1.807) is 0 Å². The van der Waals surface area contributed by atoms with E-state index in [0.717, 1.165) is 154 Å². The number of rotatable bonds is 67. The number of hydrogen-bond acceptors (Lipinski definition) is 8. The molecule has 3 N–H and O–H groups in total. The molecule has 0 aromatic carbocycles. The maximum Gasteiger partial charge on any atom is 0.472 e. The zero-order chi connectivity index (χ0) is 67.2. The predicted molar refractivity (Wildman–Crippen MR) is 403 cm³/mol. The fraction of sp³-hybridized carbons (Fsp3) is 0.590. The van der Waals surface area contributed by atoms with Crippen LogP contribution in [0.25, 0.3) is 0 Å². The molecule has 0 saturated carbocycles. The molecule has 0 aliphatic carbocycles. The summed E-state index contributed by atoms with van der Waals surface area (Å²) in [7, 11) is -4.41. The summed E-state index contributed by atoms with van der Waals surface area (Å²) in [5.41, 5.74) is 5.41. The van der Waals surface area contributed by atoms with Gasteiger partial charge in [0.2, 0.25) is 0 Å². The third kappa shape index (κ3) is 75.8. The molecule has 2 atom stereocenters. The Morgan fingerprint density at radius 2 is 0.559 bits per heavy atom. The summed E-state index contributed by atoms with van der Waals surface area (Å²) >= 11 is 0. The molecular formula is C83H134NO8P. The highest BCUT2D eigenvalue weighted by Crippen LogP contribution is 2.43. The second-order valence-electron chi connectivity index (χ2n) is 23.7. The first kappa shape index (κ1) is 87.9. The van der Waals surface area contributed by atoms with Crippen LogP contribution in [0.15, 0.2) is 194 Å². The average molecular weight is 1300 g/mol. The van der Waals surface area contributed by atoms with Crippen molar-refractivity contribution in [1.82, 2.24) is 0 Å². The van der Waals surface area contributed by atoms with E-state index in [9.17, 15) is 19.0 Å². The van der Waals surface area contributed by atoms with E-state index >= 15 is 0 Å². The molecule has 0 radical (unpaired) electrons. The highest BCUT2D eigenvalue weighted by molar-refractivity contribution is 7.47. The zero-order valence-electron chi connectivity index (χ0n) is 58.9. The number of esters is 2. The van der Waals surface area contributed by atoms with Gasteiger partial charge in [0.15, 0.2) is 6.10 Å². The van der Waals surface area contributed by atoms with Gasteiger partial charge in [-0.1, -0.05) is 324 Å². The van der Waals surface area contributed by atoms with Gasteiger partial charge in [-0.2, -0.15) is 0 Å². The predicted octanol–water partition coefficient (Wildman–Crippen LogP) is 24.9. The Balaban J connectivity index is 3.94. The second kappa shape index (κ2) is 75.9. The smallest absolute Gasteiger partial charge is 0.462 e. The topological polar surface area (TPSA) is 134 Å². The van der Waals surface area contributed by atoms with E-state index in [-0.39, 0.29) is 32.6 Å². The number of nitrogens with two attached hydrogens (primary N) is 1. The highest BCUT2D eigenvalue weighted by Gasteiger charge is 2.26. The Labute approximate surface area is 570 Å². The Morgan fingerprint density at radius 1 is 0.323 bits per heavy atom. The number of unbranched alkanes of at least 4 members (excludes halogenated alkanes) is 22. The number of phosphoric ester groups is 1. The van der Waals surface area contributed by atoms with Gasteiger partial charge in [0.1, 0.15) is 6.61 Å². The maximum absolute atomic E-state index is 12.8. The van der Waals surface area contributed by atoms with Crippen LogP contribution in [0.2, 0.25) is 0 Å². The first-order valence-corrected chi connectivity index (χ1v) is 38.4. The van der Waals surface area contributed by atoms with Gasteiger partial charge in [-0.05, 0) is 141 Å². The Kier molecular flexibility index (Phi) is 71.7. The first-order valence-electron chi connectivity index (χ1n) is 36.9. The maximum atomic E-state index is 12.8. The molecule has 0 heterocycles. The fourth-order valence-electron chi connectivity index (χ4n) is 9.61. The molecule has 0 spiro atoms. The molecule has 2 unspecified atom stereocenters. The van der Waals surface area contributed by atoms with Gasteiger partial charge in [0.05, 0.1) is 13.2 Å². The van der Waals surface area contributed by atoms with Crippen molar-refractivity contribution in [3.8, 4) is 0 Å². The number of carbonyl (C=O) groups is 2. The molecule has 0 rings (SSSR count).